The van der Waals surface area contributed by atoms with Gasteiger partial charge in [-0.1, -0.05) is 48.0 Å². The molecule has 0 aromatic heterocycles. The largest absolute Gasteiger partial charge is 0.495 e. The van der Waals surface area contributed by atoms with Crippen LogP contribution in [0.25, 0.3) is 6.08 Å². The number of methoxy groups -OCH3 is 1. The third kappa shape index (κ3) is 3.46. The van der Waals surface area contributed by atoms with Crippen molar-refractivity contribution in [1.29, 1.82) is 0 Å². The summed E-state index contributed by atoms with van der Waals surface area (Å²) in [6.45, 7) is 0. The van der Waals surface area contributed by atoms with Crippen LogP contribution in [-0.4, -0.2) is 12.9 Å². The first-order valence-corrected chi connectivity index (χ1v) is 6.19. The van der Waals surface area contributed by atoms with Crippen molar-refractivity contribution in [1.82, 2.24) is 0 Å². The molecule has 0 saturated heterocycles. The third-order valence-corrected chi connectivity index (χ3v) is 2.97. The van der Waals surface area contributed by atoms with Crippen LogP contribution < -0.4 is 4.74 Å². The quantitative estimate of drug-likeness (QED) is 0.614. The molecule has 0 unspecified atom stereocenters. The molecule has 0 amide bonds. The number of benzene rings is 2. The maximum atomic E-state index is 12.0. The average molecular weight is 273 g/mol. The number of ether oxygens (including phenoxy) is 1. The van der Waals surface area contributed by atoms with E-state index < -0.39 is 0 Å². The molecule has 0 bridgehead atoms. The fraction of sp³-hybridized carbons (Fsp3) is 0.0625. The molecule has 3 heteroatoms. The minimum absolute atomic E-state index is 0.0844. The van der Waals surface area contributed by atoms with E-state index in [0.717, 1.165) is 5.56 Å². The normalized spacial score (nSPS) is 10.6. The zero-order valence-corrected chi connectivity index (χ0v) is 11.2. The number of carbonyl (C=O) groups is 1. The van der Waals surface area contributed by atoms with Crippen molar-refractivity contribution < 1.29 is 9.53 Å². The predicted octanol–water partition coefficient (Wildman–Crippen LogP) is 4.24. The van der Waals surface area contributed by atoms with E-state index in [2.05, 4.69) is 0 Å². The SMILES string of the molecule is COc1cc(C(=O)C=Cc2ccccc2)ccc1Cl. The Labute approximate surface area is 117 Å². The Morgan fingerprint density at radius 3 is 2.58 bits per heavy atom. The van der Waals surface area contributed by atoms with Crippen molar-refractivity contribution in [2.24, 2.45) is 0 Å². The molecule has 96 valence electrons. The lowest BCUT2D eigenvalue weighted by atomic mass is 10.1. The van der Waals surface area contributed by atoms with Crippen LogP contribution in [0.15, 0.2) is 54.6 Å². The van der Waals surface area contributed by atoms with E-state index in [1.54, 1.807) is 24.3 Å². The Kier molecular flexibility index (Phi) is 4.37. The molecular weight excluding hydrogens is 260 g/mol. The molecule has 0 N–H and O–H groups in total. The highest BCUT2D eigenvalue weighted by Crippen LogP contribution is 2.25. The lowest BCUT2D eigenvalue weighted by molar-refractivity contribution is 0.104. The van der Waals surface area contributed by atoms with Crippen molar-refractivity contribution in [2.45, 2.75) is 0 Å². The van der Waals surface area contributed by atoms with Crippen molar-refractivity contribution >= 4 is 23.5 Å². The Bertz CT molecular complexity index is 603. The van der Waals surface area contributed by atoms with Crippen LogP contribution in [0.5, 0.6) is 5.75 Å². The Morgan fingerprint density at radius 1 is 1.16 bits per heavy atom. The zero-order valence-electron chi connectivity index (χ0n) is 10.5. The van der Waals surface area contributed by atoms with Gasteiger partial charge in [0, 0.05) is 5.56 Å². The van der Waals surface area contributed by atoms with Crippen LogP contribution >= 0.6 is 11.6 Å². The molecule has 0 atom stereocenters. The van der Waals surface area contributed by atoms with E-state index in [1.807, 2.05) is 30.3 Å². The first-order valence-electron chi connectivity index (χ1n) is 5.81. The smallest absolute Gasteiger partial charge is 0.185 e. The lowest BCUT2D eigenvalue weighted by Crippen LogP contribution is -1.95. The summed E-state index contributed by atoms with van der Waals surface area (Å²) in [5, 5.41) is 0.492. The summed E-state index contributed by atoms with van der Waals surface area (Å²) < 4.78 is 5.09. The van der Waals surface area contributed by atoms with Gasteiger partial charge in [-0.25, -0.2) is 0 Å². The average Bonchev–Trinajstić information content (AvgIpc) is 2.46. The number of ketones is 1. The molecule has 0 radical (unpaired) electrons. The molecule has 0 saturated carbocycles. The summed E-state index contributed by atoms with van der Waals surface area (Å²) in [4.78, 5) is 12.0. The van der Waals surface area contributed by atoms with Gasteiger partial charge in [-0.2, -0.15) is 0 Å². The van der Waals surface area contributed by atoms with E-state index in [9.17, 15) is 4.79 Å². The van der Waals surface area contributed by atoms with E-state index in [-0.39, 0.29) is 5.78 Å². The summed E-state index contributed by atoms with van der Waals surface area (Å²) in [6.07, 6.45) is 3.32. The van der Waals surface area contributed by atoms with Gasteiger partial charge in [-0.05, 0) is 29.8 Å². The highest BCUT2D eigenvalue weighted by Gasteiger charge is 2.06. The summed E-state index contributed by atoms with van der Waals surface area (Å²) >= 11 is 5.92. The van der Waals surface area contributed by atoms with Crippen LogP contribution in [0.4, 0.5) is 0 Å². The van der Waals surface area contributed by atoms with Gasteiger partial charge in [0.25, 0.3) is 0 Å². The molecule has 2 aromatic rings. The van der Waals surface area contributed by atoms with Crippen LogP contribution in [-0.2, 0) is 0 Å². The Hall–Kier alpha value is -2.06. The van der Waals surface area contributed by atoms with Crippen molar-refractivity contribution in [3.63, 3.8) is 0 Å². The standard InChI is InChI=1S/C16H13ClO2/c1-19-16-11-13(8-9-14(16)17)15(18)10-7-12-5-3-2-4-6-12/h2-11H,1H3. The minimum Gasteiger partial charge on any atom is -0.495 e. The van der Waals surface area contributed by atoms with Crippen LogP contribution in [0.2, 0.25) is 5.02 Å². The molecule has 0 aliphatic carbocycles. The van der Waals surface area contributed by atoms with Crippen LogP contribution in [0.1, 0.15) is 15.9 Å². The van der Waals surface area contributed by atoms with Crippen molar-refractivity contribution in [3.05, 3.63) is 70.8 Å². The van der Waals surface area contributed by atoms with Gasteiger partial charge in [-0.3, -0.25) is 4.79 Å². The van der Waals surface area contributed by atoms with E-state index in [0.29, 0.717) is 16.3 Å². The lowest BCUT2D eigenvalue weighted by Gasteiger charge is -2.04. The molecule has 0 fully saturated rings. The third-order valence-electron chi connectivity index (χ3n) is 2.66. The molecule has 2 nitrogen and oxygen atoms in total. The fourth-order valence-electron chi connectivity index (χ4n) is 1.65. The first kappa shape index (κ1) is 13.4. The maximum absolute atomic E-state index is 12.0. The summed E-state index contributed by atoms with van der Waals surface area (Å²) in [6, 6.07) is 14.6. The zero-order chi connectivity index (χ0) is 13.7. The Morgan fingerprint density at radius 2 is 1.89 bits per heavy atom. The summed E-state index contributed by atoms with van der Waals surface area (Å²) in [5.74, 6) is 0.416. The monoisotopic (exact) mass is 272 g/mol. The maximum Gasteiger partial charge on any atom is 0.185 e. The van der Waals surface area contributed by atoms with Gasteiger partial charge < -0.3 is 4.74 Å². The van der Waals surface area contributed by atoms with Gasteiger partial charge in [0.1, 0.15) is 5.75 Å². The summed E-state index contributed by atoms with van der Waals surface area (Å²) in [7, 11) is 1.52. The topological polar surface area (TPSA) is 26.3 Å². The van der Waals surface area contributed by atoms with Gasteiger partial charge in [0.05, 0.1) is 12.1 Å². The van der Waals surface area contributed by atoms with E-state index >= 15 is 0 Å². The second-order valence-electron chi connectivity index (χ2n) is 3.96. The van der Waals surface area contributed by atoms with E-state index in [1.165, 1.54) is 13.2 Å². The second-order valence-corrected chi connectivity index (χ2v) is 4.36. The molecular formula is C16H13ClO2. The summed E-state index contributed by atoms with van der Waals surface area (Å²) in [5.41, 5.74) is 1.53. The second kappa shape index (κ2) is 6.21. The van der Waals surface area contributed by atoms with Crippen LogP contribution in [0, 0.1) is 0 Å². The Balaban J connectivity index is 2.18. The number of carbonyl (C=O) groups excluding carboxylic acids is 1. The van der Waals surface area contributed by atoms with Gasteiger partial charge in [0.15, 0.2) is 5.78 Å². The highest BCUT2D eigenvalue weighted by atomic mass is 35.5. The molecule has 0 aliphatic heterocycles. The molecule has 2 rings (SSSR count). The number of hydrogen-bond donors (Lipinski definition) is 0. The van der Waals surface area contributed by atoms with Crippen molar-refractivity contribution in [3.8, 4) is 5.75 Å². The number of allylic oxidation sites excluding steroid dienone is 1. The first-order chi connectivity index (χ1) is 9.20. The fourth-order valence-corrected chi connectivity index (χ4v) is 1.84. The minimum atomic E-state index is -0.0844. The van der Waals surface area contributed by atoms with Gasteiger partial charge in [-0.15, -0.1) is 0 Å². The number of hydrogen-bond acceptors (Lipinski definition) is 2. The molecule has 0 spiro atoms. The molecule has 0 aliphatic rings. The number of rotatable bonds is 4. The number of halogens is 1. The van der Waals surface area contributed by atoms with Gasteiger partial charge >= 0.3 is 0 Å². The van der Waals surface area contributed by atoms with Crippen molar-refractivity contribution in [2.75, 3.05) is 7.11 Å². The van der Waals surface area contributed by atoms with Crippen LogP contribution in [0.3, 0.4) is 0 Å². The van der Waals surface area contributed by atoms with Gasteiger partial charge in [0.2, 0.25) is 0 Å². The molecule has 19 heavy (non-hydrogen) atoms. The van der Waals surface area contributed by atoms with E-state index in [4.69, 9.17) is 16.3 Å². The highest BCUT2D eigenvalue weighted by molar-refractivity contribution is 6.32. The molecule has 0 heterocycles. The predicted molar refractivity (Wildman–Crippen MR) is 77.8 cm³/mol. The molecule has 2 aromatic carbocycles.